The summed E-state index contributed by atoms with van der Waals surface area (Å²) in [7, 11) is -0.753. The van der Waals surface area contributed by atoms with E-state index in [-0.39, 0.29) is 10.8 Å². The fraction of sp³-hybridized carbons (Fsp3) is 0.174. The largest absolute Gasteiger partial charge is 0.493 e. The summed E-state index contributed by atoms with van der Waals surface area (Å²) < 4.78 is 38.5. The first kappa shape index (κ1) is 22.2. The van der Waals surface area contributed by atoms with Gasteiger partial charge in [-0.05, 0) is 73.5 Å². The van der Waals surface area contributed by atoms with Gasteiger partial charge in [-0.25, -0.2) is 8.42 Å². The highest BCUT2D eigenvalue weighted by molar-refractivity contribution is 7.92. The van der Waals surface area contributed by atoms with Gasteiger partial charge >= 0.3 is 0 Å². The van der Waals surface area contributed by atoms with Gasteiger partial charge < -0.3 is 14.8 Å². The predicted molar refractivity (Wildman–Crippen MR) is 121 cm³/mol. The van der Waals surface area contributed by atoms with Crippen molar-refractivity contribution in [3.05, 3.63) is 77.4 Å². The maximum atomic E-state index is 12.7. The topological polar surface area (TPSA) is 93.7 Å². The Hall–Kier alpha value is -3.52. The molecule has 0 aliphatic rings. The number of hydrogen-bond donors (Lipinski definition) is 2. The molecule has 7 nitrogen and oxygen atoms in total. The number of anilines is 2. The number of amides is 1. The van der Waals surface area contributed by atoms with Crippen LogP contribution in [0.3, 0.4) is 0 Å². The summed E-state index contributed by atoms with van der Waals surface area (Å²) in [6.45, 7) is 3.73. The summed E-state index contributed by atoms with van der Waals surface area (Å²) in [4.78, 5) is 12.6. The fourth-order valence-corrected chi connectivity index (χ4v) is 4.07. The Labute approximate surface area is 182 Å². The molecule has 0 radical (unpaired) electrons. The van der Waals surface area contributed by atoms with Gasteiger partial charge in [0.25, 0.3) is 15.9 Å². The molecule has 162 valence electrons. The van der Waals surface area contributed by atoms with E-state index in [0.29, 0.717) is 28.4 Å². The first-order chi connectivity index (χ1) is 14.7. The Morgan fingerprint density at radius 1 is 0.839 bits per heavy atom. The molecule has 0 aliphatic heterocycles. The van der Waals surface area contributed by atoms with Crippen LogP contribution < -0.4 is 19.5 Å². The lowest BCUT2D eigenvalue weighted by Gasteiger charge is -2.12. The molecule has 3 aromatic carbocycles. The normalized spacial score (nSPS) is 11.0. The SMILES string of the molecule is COc1ccc(C(=O)Nc2ccc(S(=O)(=O)Nc3cc(C)ccc3C)cc2)cc1OC. The molecule has 1 amide bonds. The zero-order valence-corrected chi connectivity index (χ0v) is 18.5. The highest BCUT2D eigenvalue weighted by atomic mass is 32.2. The Morgan fingerprint density at radius 3 is 2.16 bits per heavy atom. The van der Waals surface area contributed by atoms with Crippen LogP contribution >= 0.6 is 0 Å². The molecule has 0 spiro atoms. The third kappa shape index (κ3) is 5.16. The van der Waals surface area contributed by atoms with E-state index in [9.17, 15) is 13.2 Å². The Bertz CT molecular complexity index is 1210. The number of sulfonamides is 1. The van der Waals surface area contributed by atoms with Crippen molar-refractivity contribution in [3.63, 3.8) is 0 Å². The molecule has 3 rings (SSSR count). The maximum absolute atomic E-state index is 12.7. The van der Waals surface area contributed by atoms with Crippen molar-refractivity contribution >= 4 is 27.3 Å². The monoisotopic (exact) mass is 440 g/mol. The van der Waals surface area contributed by atoms with Crippen LogP contribution in [0, 0.1) is 13.8 Å². The number of benzene rings is 3. The minimum atomic E-state index is -3.76. The number of nitrogens with one attached hydrogen (secondary N) is 2. The Morgan fingerprint density at radius 2 is 1.52 bits per heavy atom. The van der Waals surface area contributed by atoms with Crippen molar-refractivity contribution in [2.75, 3.05) is 24.3 Å². The number of rotatable bonds is 7. The number of carbonyl (C=O) groups excluding carboxylic acids is 1. The summed E-state index contributed by atoms with van der Waals surface area (Å²) in [6, 6.07) is 16.3. The molecule has 0 saturated heterocycles. The van der Waals surface area contributed by atoms with Crippen molar-refractivity contribution in [1.82, 2.24) is 0 Å². The van der Waals surface area contributed by atoms with Gasteiger partial charge in [0.15, 0.2) is 11.5 Å². The summed E-state index contributed by atoms with van der Waals surface area (Å²) in [5, 5.41) is 2.74. The minimum Gasteiger partial charge on any atom is -0.493 e. The van der Waals surface area contributed by atoms with Gasteiger partial charge in [-0.2, -0.15) is 0 Å². The second-order valence-corrected chi connectivity index (χ2v) is 8.65. The average molecular weight is 441 g/mol. The first-order valence-corrected chi connectivity index (χ1v) is 11.0. The second kappa shape index (κ2) is 9.09. The van der Waals surface area contributed by atoms with Crippen LogP contribution in [-0.2, 0) is 10.0 Å². The van der Waals surface area contributed by atoms with Crippen molar-refractivity contribution < 1.29 is 22.7 Å². The van der Waals surface area contributed by atoms with Crippen LogP contribution in [0.4, 0.5) is 11.4 Å². The molecule has 0 unspecified atom stereocenters. The number of carbonyl (C=O) groups is 1. The zero-order chi connectivity index (χ0) is 22.6. The van der Waals surface area contributed by atoms with E-state index in [2.05, 4.69) is 10.0 Å². The van der Waals surface area contributed by atoms with E-state index in [1.54, 1.807) is 24.3 Å². The lowest BCUT2D eigenvalue weighted by molar-refractivity contribution is 0.102. The van der Waals surface area contributed by atoms with Crippen molar-refractivity contribution in [1.29, 1.82) is 0 Å². The molecule has 8 heteroatoms. The fourth-order valence-electron chi connectivity index (χ4n) is 2.95. The van der Waals surface area contributed by atoms with E-state index in [4.69, 9.17) is 9.47 Å². The van der Waals surface area contributed by atoms with Crippen LogP contribution in [0.15, 0.2) is 65.6 Å². The van der Waals surface area contributed by atoms with Crippen LogP contribution in [-0.4, -0.2) is 28.5 Å². The van der Waals surface area contributed by atoms with Gasteiger partial charge in [0.1, 0.15) is 0 Å². The molecule has 3 aromatic rings. The van der Waals surface area contributed by atoms with Crippen LogP contribution in [0.2, 0.25) is 0 Å². The van der Waals surface area contributed by atoms with Crippen molar-refractivity contribution in [2.24, 2.45) is 0 Å². The number of methoxy groups -OCH3 is 2. The van der Waals surface area contributed by atoms with Gasteiger partial charge in [-0.3, -0.25) is 9.52 Å². The third-order valence-corrected chi connectivity index (χ3v) is 6.09. The summed E-state index contributed by atoms with van der Waals surface area (Å²) >= 11 is 0. The predicted octanol–water partition coefficient (Wildman–Crippen LogP) is 4.37. The van der Waals surface area contributed by atoms with Crippen LogP contribution in [0.5, 0.6) is 11.5 Å². The van der Waals surface area contributed by atoms with Gasteiger partial charge in [-0.15, -0.1) is 0 Å². The molecule has 31 heavy (non-hydrogen) atoms. The van der Waals surface area contributed by atoms with E-state index in [1.807, 2.05) is 26.0 Å². The maximum Gasteiger partial charge on any atom is 0.261 e. The highest BCUT2D eigenvalue weighted by Gasteiger charge is 2.16. The highest BCUT2D eigenvalue weighted by Crippen LogP contribution is 2.28. The molecule has 0 saturated carbocycles. The Balaban J connectivity index is 1.75. The molecule has 2 N–H and O–H groups in total. The standard InChI is InChI=1S/C23H24N2O5S/c1-15-5-6-16(2)20(13-15)25-31(27,28)19-10-8-18(9-11-19)24-23(26)17-7-12-21(29-3)22(14-17)30-4/h5-14,25H,1-4H3,(H,24,26). The van der Waals surface area contributed by atoms with E-state index < -0.39 is 10.0 Å². The van der Waals surface area contributed by atoms with E-state index in [0.717, 1.165) is 11.1 Å². The number of aryl methyl sites for hydroxylation is 2. The van der Waals surface area contributed by atoms with Crippen molar-refractivity contribution in [2.45, 2.75) is 18.7 Å². The molecule has 0 heterocycles. The Kier molecular flexibility index (Phi) is 6.50. The van der Waals surface area contributed by atoms with Crippen molar-refractivity contribution in [3.8, 4) is 11.5 Å². The molecular formula is C23H24N2O5S. The second-order valence-electron chi connectivity index (χ2n) is 6.97. The molecular weight excluding hydrogens is 416 g/mol. The van der Waals surface area contributed by atoms with Gasteiger partial charge in [0.05, 0.1) is 24.8 Å². The molecule has 0 fully saturated rings. The molecule has 0 aromatic heterocycles. The average Bonchev–Trinajstić information content (AvgIpc) is 2.76. The lowest BCUT2D eigenvalue weighted by Crippen LogP contribution is -2.15. The first-order valence-electron chi connectivity index (χ1n) is 9.47. The van der Waals surface area contributed by atoms with Gasteiger partial charge in [0.2, 0.25) is 0 Å². The zero-order valence-electron chi connectivity index (χ0n) is 17.7. The molecule has 0 atom stereocenters. The summed E-state index contributed by atoms with van der Waals surface area (Å²) in [5.41, 5.74) is 3.16. The summed E-state index contributed by atoms with van der Waals surface area (Å²) in [5.74, 6) is 0.601. The quantitative estimate of drug-likeness (QED) is 0.569. The number of ether oxygens (including phenoxy) is 2. The summed E-state index contributed by atoms with van der Waals surface area (Å²) in [6.07, 6.45) is 0. The van der Waals surface area contributed by atoms with Crippen LogP contribution in [0.25, 0.3) is 0 Å². The van der Waals surface area contributed by atoms with Crippen LogP contribution in [0.1, 0.15) is 21.5 Å². The molecule has 0 bridgehead atoms. The van der Waals surface area contributed by atoms with E-state index in [1.165, 1.54) is 38.5 Å². The molecule has 0 aliphatic carbocycles. The van der Waals surface area contributed by atoms with E-state index >= 15 is 0 Å². The lowest BCUT2D eigenvalue weighted by atomic mass is 10.1. The third-order valence-electron chi connectivity index (χ3n) is 4.71. The van der Waals surface area contributed by atoms with Gasteiger partial charge in [0, 0.05) is 11.3 Å². The minimum absolute atomic E-state index is 0.0949. The van der Waals surface area contributed by atoms with Gasteiger partial charge in [-0.1, -0.05) is 12.1 Å². The smallest absolute Gasteiger partial charge is 0.261 e. The number of hydrogen-bond acceptors (Lipinski definition) is 5.